The van der Waals surface area contributed by atoms with Crippen LogP contribution in [0.1, 0.15) is 44.6 Å². The van der Waals surface area contributed by atoms with Crippen LogP contribution in [0.4, 0.5) is 4.39 Å². The fourth-order valence-corrected chi connectivity index (χ4v) is 2.15. The number of halogens is 1. The van der Waals surface area contributed by atoms with Gasteiger partial charge in [-0.3, -0.25) is 0 Å². The zero-order valence-electron chi connectivity index (χ0n) is 12.1. The summed E-state index contributed by atoms with van der Waals surface area (Å²) in [6.07, 6.45) is 3.25. The minimum absolute atomic E-state index is 0.168. The van der Waals surface area contributed by atoms with Crippen LogP contribution in [0.5, 0.6) is 0 Å². The molecule has 0 saturated carbocycles. The van der Waals surface area contributed by atoms with Gasteiger partial charge in [-0.1, -0.05) is 19.1 Å². The van der Waals surface area contributed by atoms with E-state index in [4.69, 9.17) is 4.74 Å². The first-order valence-corrected chi connectivity index (χ1v) is 7.31. The Balaban J connectivity index is 2.49. The molecule has 0 aliphatic rings. The third kappa shape index (κ3) is 6.69. The van der Waals surface area contributed by atoms with Gasteiger partial charge in [-0.05, 0) is 56.3 Å². The molecule has 0 bridgehead atoms. The summed E-state index contributed by atoms with van der Waals surface area (Å²) in [4.78, 5) is 0. The maximum atomic E-state index is 13.0. The van der Waals surface area contributed by atoms with E-state index >= 15 is 0 Å². The van der Waals surface area contributed by atoms with Gasteiger partial charge in [-0.25, -0.2) is 4.39 Å². The third-order valence-corrected chi connectivity index (χ3v) is 3.20. The van der Waals surface area contributed by atoms with Crippen LogP contribution in [0.25, 0.3) is 0 Å². The van der Waals surface area contributed by atoms with Crippen LogP contribution in [0.2, 0.25) is 0 Å². The first-order chi connectivity index (χ1) is 9.27. The number of rotatable bonds is 10. The minimum atomic E-state index is -0.168. The van der Waals surface area contributed by atoms with Crippen molar-refractivity contribution >= 4 is 0 Å². The topological polar surface area (TPSA) is 21.3 Å². The van der Waals surface area contributed by atoms with Crippen molar-refractivity contribution < 1.29 is 9.13 Å². The summed E-state index contributed by atoms with van der Waals surface area (Å²) in [5.74, 6) is 0.269. The highest BCUT2D eigenvalue weighted by molar-refractivity contribution is 5.20. The number of hydrogen-bond acceptors (Lipinski definition) is 2. The molecule has 1 atom stereocenters. The van der Waals surface area contributed by atoms with Crippen LogP contribution < -0.4 is 5.32 Å². The molecular weight excluding hydrogens is 241 g/mol. The largest absolute Gasteiger partial charge is 0.382 e. The predicted molar refractivity (Wildman–Crippen MR) is 78.0 cm³/mol. The second-order valence-corrected chi connectivity index (χ2v) is 4.79. The van der Waals surface area contributed by atoms with Crippen molar-refractivity contribution in [2.75, 3.05) is 26.3 Å². The molecule has 0 aromatic heterocycles. The van der Waals surface area contributed by atoms with E-state index in [1.807, 2.05) is 19.1 Å². The van der Waals surface area contributed by atoms with Crippen molar-refractivity contribution in [1.82, 2.24) is 5.32 Å². The van der Waals surface area contributed by atoms with Crippen molar-refractivity contribution in [2.45, 2.75) is 39.0 Å². The molecule has 0 aliphatic carbocycles. The van der Waals surface area contributed by atoms with Gasteiger partial charge >= 0.3 is 0 Å². The normalized spacial score (nSPS) is 12.6. The molecule has 3 heteroatoms. The molecule has 0 fully saturated rings. The van der Waals surface area contributed by atoms with Gasteiger partial charge in [0.15, 0.2) is 0 Å². The van der Waals surface area contributed by atoms with Gasteiger partial charge in [-0.15, -0.1) is 0 Å². The van der Waals surface area contributed by atoms with Gasteiger partial charge in [0.1, 0.15) is 5.82 Å². The first-order valence-electron chi connectivity index (χ1n) is 7.31. The molecule has 0 aliphatic heterocycles. The van der Waals surface area contributed by atoms with E-state index in [2.05, 4.69) is 12.2 Å². The predicted octanol–water partition coefficient (Wildman–Crippen LogP) is 3.73. The maximum absolute atomic E-state index is 13.0. The highest BCUT2D eigenvalue weighted by atomic mass is 19.1. The molecule has 0 amide bonds. The summed E-state index contributed by atoms with van der Waals surface area (Å²) in [6.45, 7) is 7.74. The molecule has 0 radical (unpaired) electrons. The lowest BCUT2D eigenvalue weighted by atomic mass is 9.94. The van der Waals surface area contributed by atoms with E-state index in [1.54, 1.807) is 12.1 Å². The van der Waals surface area contributed by atoms with Crippen molar-refractivity contribution in [3.63, 3.8) is 0 Å². The van der Waals surface area contributed by atoms with Gasteiger partial charge in [0, 0.05) is 19.8 Å². The Morgan fingerprint density at radius 1 is 1.21 bits per heavy atom. The van der Waals surface area contributed by atoms with E-state index < -0.39 is 0 Å². The number of hydrogen-bond donors (Lipinski definition) is 1. The molecule has 0 saturated heterocycles. The zero-order chi connectivity index (χ0) is 13.9. The van der Waals surface area contributed by atoms with Crippen molar-refractivity contribution in [2.24, 2.45) is 0 Å². The Morgan fingerprint density at radius 2 is 1.95 bits per heavy atom. The van der Waals surface area contributed by atoms with E-state index in [9.17, 15) is 4.39 Å². The van der Waals surface area contributed by atoms with Gasteiger partial charge in [0.2, 0.25) is 0 Å². The van der Waals surface area contributed by atoms with Crippen molar-refractivity contribution in [3.05, 3.63) is 35.6 Å². The average Bonchev–Trinajstić information content (AvgIpc) is 2.43. The Labute approximate surface area is 116 Å². The quantitative estimate of drug-likeness (QED) is 0.652. The monoisotopic (exact) mass is 267 g/mol. The van der Waals surface area contributed by atoms with Crippen LogP contribution in [0.3, 0.4) is 0 Å². The second-order valence-electron chi connectivity index (χ2n) is 4.79. The Kier molecular flexibility index (Phi) is 8.43. The van der Waals surface area contributed by atoms with Gasteiger partial charge < -0.3 is 10.1 Å². The van der Waals surface area contributed by atoms with E-state index in [-0.39, 0.29) is 5.82 Å². The van der Waals surface area contributed by atoms with Crippen LogP contribution >= 0.6 is 0 Å². The Morgan fingerprint density at radius 3 is 2.58 bits per heavy atom. The lowest BCUT2D eigenvalue weighted by Crippen LogP contribution is -2.22. The molecule has 1 unspecified atom stereocenters. The lowest BCUT2D eigenvalue weighted by Gasteiger charge is -2.18. The second kappa shape index (κ2) is 9.93. The first kappa shape index (κ1) is 16.1. The highest BCUT2D eigenvalue weighted by Gasteiger charge is 2.11. The van der Waals surface area contributed by atoms with Gasteiger partial charge in [-0.2, -0.15) is 0 Å². The summed E-state index contributed by atoms with van der Waals surface area (Å²) in [5.41, 5.74) is 1.21. The molecule has 1 aromatic rings. The Bertz CT molecular complexity index is 326. The Hall–Kier alpha value is -0.930. The number of nitrogens with one attached hydrogen (secondary N) is 1. The fraction of sp³-hybridized carbons (Fsp3) is 0.625. The van der Waals surface area contributed by atoms with Crippen molar-refractivity contribution in [3.8, 4) is 0 Å². The molecule has 1 rings (SSSR count). The summed E-state index contributed by atoms with van der Waals surface area (Å²) in [6, 6.07) is 6.89. The van der Waals surface area contributed by atoms with E-state index in [0.29, 0.717) is 5.92 Å². The standard InChI is InChI=1S/C16H26FNO/c1-3-11-18-13-15(6-5-12-19-4-2)14-7-9-16(17)10-8-14/h7-10,15,18H,3-6,11-13H2,1-2H3. The maximum Gasteiger partial charge on any atom is 0.123 e. The minimum Gasteiger partial charge on any atom is -0.382 e. The van der Waals surface area contributed by atoms with Gasteiger partial charge in [0.25, 0.3) is 0 Å². The molecule has 1 aromatic carbocycles. The molecule has 2 nitrogen and oxygen atoms in total. The fourth-order valence-electron chi connectivity index (χ4n) is 2.15. The SMILES string of the molecule is CCCNCC(CCCOCC)c1ccc(F)cc1. The summed E-state index contributed by atoms with van der Waals surface area (Å²) < 4.78 is 18.4. The highest BCUT2D eigenvalue weighted by Crippen LogP contribution is 2.21. The third-order valence-electron chi connectivity index (χ3n) is 3.20. The van der Waals surface area contributed by atoms with Crippen LogP contribution in [0.15, 0.2) is 24.3 Å². The van der Waals surface area contributed by atoms with Crippen LogP contribution in [-0.2, 0) is 4.74 Å². The zero-order valence-corrected chi connectivity index (χ0v) is 12.1. The lowest BCUT2D eigenvalue weighted by molar-refractivity contribution is 0.141. The summed E-state index contributed by atoms with van der Waals surface area (Å²) in [7, 11) is 0. The van der Waals surface area contributed by atoms with Crippen LogP contribution in [-0.4, -0.2) is 26.3 Å². The van der Waals surface area contributed by atoms with Crippen LogP contribution in [0, 0.1) is 5.82 Å². The van der Waals surface area contributed by atoms with Gasteiger partial charge in [0.05, 0.1) is 0 Å². The van der Waals surface area contributed by atoms with E-state index in [0.717, 1.165) is 45.6 Å². The number of ether oxygens (including phenoxy) is 1. The van der Waals surface area contributed by atoms with Crippen molar-refractivity contribution in [1.29, 1.82) is 0 Å². The molecule has 1 N–H and O–H groups in total. The molecule has 19 heavy (non-hydrogen) atoms. The molecule has 108 valence electrons. The molecular formula is C16H26FNO. The summed E-state index contributed by atoms with van der Waals surface area (Å²) >= 11 is 0. The molecule has 0 heterocycles. The number of benzene rings is 1. The average molecular weight is 267 g/mol. The van der Waals surface area contributed by atoms with E-state index in [1.165, 1.54) is 5.56 Å². The summed E-state index contributed by atoms with van der Waals surface area (Å²) in [5, 5.41) is 3.45. The smallest absolute Gasteiger partial charge is 0.123 e. The molecule has 0 spiro atoms.